The van der Waals surface area contributed by atoms with E-state index >= 15 is 0 Å². The quantitative estimate of drug-likeness (QED) is 0.875. The Morgan fingerprint density at radius 2 is 1.82 bits per heavy atom. The Kier molecular flexibility index (Phi) is 4.51. The maximum atomic E-state index is 12.3. The van der Waals surface area contributed by atoms with Gasteiger partial charge in [0.25, 0.3) is 0 Å². The van der Waals surface area contributed by atoms with Crippen molar-refractivity contribution < 1.29 is 18.0 Å². The smallest absolute Gasteiger partial charge is 0.329 e. The normalized spacial score (nSPS) is 11.3. The molecule has 0 saturated heterocycles. The van der Waals surface area contributed by atoms with E-state index in [2.05, 4.69) is 0 Å². The molecule has 94 valence electrons. The molecule has 1 aromatic rings. The summed E-state index contributed by atoms with van der Waals surface area (Å²) in [6.45, 7) is -0.210. The lowest BCUT2D eigenvalue weighted by Crippen LogP contribution is -2.43. The van der Waals surface area contributed by atoms with Crippen LogP contribution in [0.2, 0.25) is 0 Å². The molecule has 0 unspecified atom stereocenters. The van der Waals surface area contributed by atoms with Gasteiger partial charge in [-0.2, -0.15) is 13.2 Å². The van der Waals surface area contributed by atoms with Crippen LogP contribution in [0.3, 0.4) is 0 Å². The van der Waals surface area contributed by atoms with Gasteiger partial charge >= 0.3 is 12.1 Å². The Morgan fingerprint density at radius 3 is 2.29 bits per heavy atom. The van der Waals surface area contributed by atoms with Crippen LogP contribution >= 0.6 is 0 Å². The van der Waals surface area contributed by atoms with E-state index in [0.717, 1.165) is 0 Å². The van der Waals surface area contributed by atoms with Crippen molar-refractivity contribution in [3.05, 3.63) is 35.9 Å². The number of halogens is 3. The Balaban J connectivity index is 2.77. The summed E-state index contributed by atoms with van der Waals surface area (Å²) < 4.78 is 36.9. The maximum Gasteiger partial charge on any atom is 0.471 e. The zero-order valence-electron chi connectivity index (χ0n) is 9.07. The van der Waals surface area contributed by atoms with E-state index in [1.807, 2.05) is 0 Å². The van der Waals surface area contributed by atoms with Crippen LogP contribution < -0.4 is 5.73 Å². The Morgan fingerprint density at radius 1 is 1.24 bits per heavy atom. The number of hydrogen-bond acceptors (Lipinski definition) is 2. The number of nitrogens with two attached hydrogens (primary N) is 1. The minimum atomic E-state index is -4.86. The van der Waals surface area contributed by atoms with Crippen LogP contribution in [0.15, 0.2) is 30.3 Å². The highest BCUT2D eigenvalue weighted by atomic mass is 19.4. The molecule has 0 aliphatic rings. The number of nitrogens with zero attached hydrogens (tertiary/aromatic N) is 1. The molecule has 0 aliphatic carbocycles. The topological polar surface area (TPSA) is 46.3 Å². The van der Waals surface area contributed by atoms with Crippen molar-refractivity contribution in [1.29, 1.82) is 0 Å². The highest BCUT2D eigenvalue weighted by Gasteiger charge is 2.42. The molecule has 1 amide bonds. The summed E-state index contributed by atoms with van der Waals surface area (Å²) >= 11 is 0. The molecule has 0 saturated carbocycles. The van der Waals surface area contributed by atoms with E-state index in [4.69, 9.17) is 5.73 Å². The molecule has 0 bridgehead atoms. The molecule has 0 fully saturated rings. The van der Waals surface area contributed by atoms with E-state index < -0.39 is 12.1 Å². The summed E-state index contributed by atoms with van der Waals surface area (Å²) in [4.78, 5) is 11.8. The SMILES string of the molecule is NCCN(Cc1ccccc1)C(=O)C(F)(F)F. The van der Waals surface area contributed by atoms with Crippen molar-refractivity contribution in [3.8, 4) is 0 Å². The Hall–Kier alpha value is -1.56. The van der Waals surface area contributed by atoms with E-state index in [1.165, 1.54) is 0 Å². The van der Waals surface area contributed by atoms with Gasteiger partial charge in [0.05, 0.1) is 0 Å². The van der Waals surface area contributed by atoms with E-state index in [-0.39, 0.29) is 19.6 Å². The van der Waals surface area contributed by atoms with Crippen LogP contribution in [-0.2, 0) is 11.3 Å². The second-order valence-electron chi connectivity index (χ2n) is 3.50. The van der Waals surface area contributed by atoms with Gasteiger partial charge in [-0.1, -0.05) is 30.3 Å². The zero-order chi connectivity index (χ0) is 12.9. The minimum absolute atomic E-state index is 0.00530. The van der Waals surface area contributed by atoms with Gasteiger partial charge in [0.2, 0.25) is 0 Å². The number of alkyl halides is 3. The standard InChI is InChI=1S/C11H13F3N2O/c12-11(13,14)10(17)16(7-6-15)8-9-4-2-1-3-5-9/h1-5H,6-8,15H2. The predicted molar refractivity (Wildman–Crippen MR) is 57.0 cm³/mol. The number of rotatable bonds is 4. The largest absolute Gasteiger partial charge is 0.471 e. The van der Waals surface area contributed by atoms with Gasteiger partial charge in [-0.05, 0) is 5.56 Å². The first kappa shape index (κ1) is 13.5. The molecule has 6 heteroatoms. The van der Waals surface area contributed by atoms with E-state index in [1.54, 1.807) is 30.3 Å². The summed E-state index contributed by atoms with van der Waals surface area (Å²) in [5, 5.41) is 0. The molecular formula is C11H13F3N2O. The molecular weight excluding hydrogens is 233 g/mol. The first-order valence-corrected chi connectivity index (χ1v) is 5.05. The molecule has 3 nitrogen and oxygen atoms in total. The second kappa shape index (κ2) is 5.67. The first-order valence-electron chi connectivity index (χ1n) is 5.05. The van der Waals surface area contributed by atoms with Crippen LogP contribution in [-0.4, -0.2) is 30.1 Å². The summed E-state index contributed by atoms with van der Waals surface area (Å²) in [5.41, 5.74) is 5.84. The van der Waals surface area contributed by atoms with Crippen molar-refractivity contribution in [2.45, 2.75) is 12.7 Å². The van der Waals surface area contributed by atoms with Gasteiger partial charge in [-0.25, -0.2) is 0 Å². The van der Waals surface area contributed by atoms with Crippen LogP contribution in [0, 0.1) is 0 Å². The molecule has 0 aromatic heterocycles. The highest BCUT2D eigenvalue weighted by molar-refractivity contribution is 5.81. The molecule has 0 atom stereocenters. The van der Waals surface area contributed by atoms with E-state index in [0.29, 0.717) is 10.5 Å². The lowest BCUT2D eigenvalue weighted by molar-refractivity contribution is -0.186. The number of hydrogen-bond donors (Lipinski definition) is 1. The fourth-order valence-electron chi connectivity index (χ4n) is 1.39. The molecule has 0 spiro atoms. The molecule has 0 radical (unpaired) electrons. The summed E-state index contributed by atoms with van der Waals surface area (Å²) in [6, 6.07) is 8.48. The van der Waals surface area contributed by atoms with Gasteiger partial charge in [0.1, 0.15) is 0 Å². The third kappa shape index (κ3) is 4.07. The third-order valence-electron chi connectivity index (χ3n) is 2.14. The van der Waals surface area contributed by atoms with Crippen molar-refractivity contribution in [2.75, 3.05) is 13.1 Å². The summed E-state index contributed by atoms with van der Waals surface area (Å²) in [6.07, 6.45) is -4.86. The predicted octanol–water partition coefficient (Wildman–Crippen LogP) is 1.54. The fraction of sp³-hybridized carbons (Fsp3) is 0.364. The highest BCUT2D eigenvalue weighted by Crippen LogP contribution is 2.19. The Bertz CT molecular complexity index is 365. The molecule has 1 rings (SSSR count). The average Bonchev–Trinajstić information content (AvgIpc) is 2.28. The number of benzene rings is 1. The molecule has 0 aliphatic heterocycles. The number of carbonyl (C=O) groups excluding carboxylic acids is 1. The van der Waals surface area contributed by atoms with E-state index in [9.17, 15) is 18.0 Å². The van der Waals surface area contributed by atoms with Crippen LogP contribution in [0.1, 0.15) is 5.56 Å². The van der Waals surface area contributed by atoms with Crippen molar-refractivity contribution in [1.82, 2.24) is 4.90 Å². The van der Waals surface area contributed by atoms with Crippen LogP contribution in [0.25, 0.3) is 0 Å². The second-order valence-corrected chi connectivity index (χ2v) is 3.50. The van der Waals surface area contributed by atoms with Crippen LogP contribution in [0.4, 0.5) is 13.2 Å². The van der Waals surface area contributed by atoms with Gasteiger partial charge in [0, 0.05) is 19.6 Å². The molecule has 17 heavy (non-hydrogen) atoms. The maximum absolute atomic E-state index is 12.3. The van der Waals surface area contributed by atoms with Gasteiger partial charge in [-0.15, -0.1) is 0 Å². The zero-order valence-corrected chi connectivity index (χ0v) is 9.07. The molecule has 1 aromatic carbocycles. The van der Waals surface area contributed by atoms with Crippen molar-refractivity contribution >= 4 is 5.91 Å². The lowest BCUT2D eigenvalue weighted by atomic mass is 10.2. The van der Waals surface area contributed by atoms with Crippen molar-refractivity contribution in [2.24, 2.45) is 5.73 Å². The molecule has 2 N–H and O–H groups in total. The summed E-state index contributed by atoms with van der Waals surface area (Å²) in [5.74, 6) is -1.85. The van der Waals surface area contributed by atoms with Crippen molar-refractivity contribution in [3.63, 3.8) is 0 Å². The van der Waals surface area contributed by atoms with Gasteiger partial charge < -0.3 is 10.6 Å². The Labute approximate surface area is 97.0 Å². The van der Waals surface area contributed by atoms with Gasteiger partial charge in [0.15, 0.2) is 0 Å². The average molecular weight is 246 g/mol. The molecule has 0 heterocycles. The number of carbonyl (C=O) groups is 1. The fourth-order valence-corrected chi connectivity index (χ4v) is 1.39. The summed E-state index contributed by atoms with van der Waals surface area (Å²) in [7, 11) is 0. The number of amides is 1. The minimum Gasteiger partial charge on any atom is -0.329 e. The van der Waals surface area contributed by atoms with Crippen LogP contribution in [0.5, 0.6) is 0 Å². The monoisotopic (exact) mass is 246 g/mol. The third-order valence-corrected chi connectivity index (χ3v) is 2.14. The lowest BCUT2D eigenvalue weighted by Gasteiger charge is -2.23. The van der Waals surface area contributed by atoms with Gasteiger partial charge in [-0.3, -0.25) is 4.79 Å². The first-order chi connectivity index (χ1) is 7.95.